The SMILES string of the molecule is COc1ccc2c3c([nH]c2c1)[C@@H](CO)N(Cc1ccncc1)CC31CCN(C(=O)c2cccnc2)CC1. The minimum Gasteiger partial charge on any atom is -0.497 e. The van der Waals surface area contributed by atoms with E-state index in [4.69, 9.17) is 4.74 Å². The number of likely N-dealkylation sites (tertiary alicyclic amines) is 1. The van der Waals surface area contributed by atoms with Crippen molar-refractivity contribution >= 4 is 16.8 Å². The van der Waals surface area contributed by atoms with Crippen LogP contribution in [0, 0.1) is 0 Å². The van der Waals surface area contributed by atoms with E-state index in [9.17, 15) is 9.90 Å². The zero-order valence-electron chi connectivity index (χ0n) is 20.9. The summed E-state index contributed by atoms with van der Waals surface area (Å²) < 4.78 is 5.49. The van der Waals surface area contributed by atoms with Crippen LogP contribution in [0.4, 0.5) is 0 Å². The molecule has 5 heterocycles. The van der Waals surface area contributed by atoms with E-state index in [0.717, 1.165) is 41.9 Å². The molecule has 1 atom stereocenters. The van der Waals surface area contributed by atoms with E-state index >= 15 is 0 Å². The average Bonchev–Trinajstić information content (AvgIpc) is 3.34. The number of hydrogen-bond donors (Lipinski definition) is 2. The first kappa shape index (κ1) is 23.6. The molecule has 2 aliphatic heterocycles. The number of aromatic amines is 1. The number of pyridine rings is 2. The topological polar surface area (TPSA) is 94.6 Å². The van der Waals surface area contributed by atoms with Crippen LogP contribution in [0.2, 0.25) is 0 Å². The van der Waals surface area contributed by atoms with Crippen LogP contribution < -0.4 is 4.74 Å². The average molecular weight is 498 g/mol. The van der Waals surface area contributed by atoms with E-state index in [1.807, 2.05) is 47.6 Å². The monoisotopic (exact) mass is 497 g/mol. The second-order valence-electron chi connectivity index (χ2n) is 10.1. The number of rotatable bonds is 5. The Hall–Kier alpha value is -3.75. The van der Waals surface area contributed by atoms with Crippen LogP contribution in [0.1, 0.15) is 46.1 Å². The quantitative estimate of drug-likeness (QED) is 0.437. The van der Waals surface area contributed by atoms with Crippen LogP contribution in [-0.2, 0) is 12.0 Å². The highest BCUT2D eigenvalue weighted by Crippen LogP contribution is 2.49. The first-order valence-electron chi connectivity index (χ1n) is 12.7. The number of nitrogens with zero attached hydrogens (tertiary/aromatic N) is 4. The third-order valence-electron chi connectivity index (χ3n) is 8.07. The number of aliphatic hydroxyl groups excluding tert-OH is 1. The van der Waals surface area contributed by atoms with E-state index in [1.54, 1.807) is 25.6 Å². The molecular weight excluding hydrogens is 466 g/mol. The highest BCUT2D eigenvalue weighted by Gasteiger charge is 2.47. The molecule has 37 heavy (non-hydrogen) atoms. The van der Waals surface area contributed by atoms with Crippen LogP contribution in [0.25, 0.3) is 10.9 Å². The molecule has 3 aromatic heterocycles. The van der Waals surface area contributed by atoms with Gasteiger partial charge in [-0.05, 0) is 60.4 Å². The third-order valence-corrected chi connectivity index (χ3v) is 8.07. The van der Waals surface area contributed by atoms with Crippen LogP contribution in [-0.4, -0.2) is 69.1 Å². The molecule has 190 valence electrons. The predicted octanol–water partition coefficient (Wildman–Crippen LogP) is 3.69. The number of fused-ring (bicyclic) bond motifs is 4. The summed E-state index contributed by atoms with van der Waals surface area (Å²) in [6, 6.07) is 13.7. The molecule has 1 aromatic carbocycles. The number of hydrogen-bond acceptors (Lipinski definition) is 6. The van der Waals surface area contributed by atoms with E-state index in [1.165, 1.54) is 10.9 Å². The Bertz CT molecular complexity index is 1400. The molecule has 1 saturated heterocycles. The third kappa shape index (κ3) is 4.16. The molecule has 0 saturated carbocycles. The lowest BCUT2D eigenvalue weighted by Crippen LogP contribution is -2.54. The van der Waals surface area contributed by atoms with Crippen molar-refractivity contribution in [2.45, 2.75) is 30.8 Å². The minimum absolute atomic E-state index is 0.0176. The van der Waals surface area contributed by atoms with Gasteiger partial charge in [0, 0.05) is 79.0 Å². The lowest BCUT2D eigenvalue weighted by molar-refractivity contribution is 0.0386. The highest BCUT2D eigenvalue weighted by atomic mass is 16.5. The van der Waals surface area contributed by atoms with Gasteiger partial charge in [0.25, 0.3) is 5.91 Å². The fourth-order valence-corrected chi connectivity index (χ4v) is 6.22. The number of ether oxygens (including phenoxy) is 1. The largest absolute Gasteiger partial charge is 0.497 e. The molecule has 0 aliphatic carbocycles. The fourth-order valence-electron chi connectivity index (χ4n) is 6.22. The molecule has 0 radical (unpaired) electrons. The number of nitrogens with one attached hydrogen (secondary N) is 1. The zero-order valence-corrected chi connectivity index (χ0v) is 20.9. The van der Waals surface area contributed by atoms with Gasteiger partial charge in [-0.3, -0.25) is 19.7 Å². The Morgan fingerprint density at radius 2 is 1.95 bits per heavy atom. The van der Waals surface area contributed by atoms with E-state index in [2.05, 4.69) is 25.9 Å². The molecule has 0 bridgehead atoms. The molecule has 2 aliphatic rings. The molecular formula is C29H31N5O3. The number of aliphatic hydroxyl groups is 1. The minimum atomic E-state index is -0.151. The fraction of sp³-hybridized carbons (Fsp3) is 0.345. The Morgan fingerprint density at radius 1 is 1.14 bits per heavy atom. The Labute approximate surface area is 215 Å². The van der Waals surface area contributed by atoms with E-state index < -0.39 is 0 Å². The summed E-state index contributed by atoms with van der Waals surface area (Å²) in [4.78, 5) is 29.4. The molecule has 4 aromatic rings. The van der Waals surface area contributed by atoms with Gasteiger partial charge in [0.2, 0.25) is 0 Å². The van der Waals surface area contributed by atoms with Crippen LogP contribution in [0.3, 0.4) is 0 Å². The number of benzene rings is 1. The Kier molecular flexibility index (Phi) is 6.14. The van der Waals surface area contributed by atoms with Gasteiger partial charge in [0.15, 0.2) is 0 Å². The molecule has 1 spiro atoms. The van der Waals surface area contributed by atoms with Crippen molar-refractivity contribution in [1.29, 1.82) is 0 Å². The number of aromatic nitrogens is 3. The summed E-state index contributed by atoms with van der Waals surface area (Å²) in [5.74, 6) is 0.829. The van der Waals surface area contributed by atoms with Crippen molar-refractivity contribution in [1.82, 2.24) is 24.8 Å². The van der Waals surface area contributed by atoms with Gasteiger partial charge in [-0.15, -0.1) is 0 Å². The maximum atomic E-state index is 13.2. The summed E-state index contributed by atoms with van der Waals surface area (Å²) in [6.07, 6.45) is 8.64. The molecule has 8 heteroatoms. The standard InChI is InChI=1S/C29H31N5O3/c1-37-22-4-5-23-24(15-22)32-27-25(18-35)34(17-20-6-11-30-12-7-20)19-29(26(23)27)8-13-33(14-9-29)28(36)21-3-2-10-31-16-21/h2-7,10-12,15-16,25,32,35H,8-9,13-14,17-19H2,1H3/t25-/m1/s1. The van der Waals surface area contributed by atoms with Gasteiger partial charge in [-0.25, -0.2) is 0 Å². The Balaban J connectivity index is 1.39. The summed E-state index contributed by atoms with van der Waals surface area (Å²) in [7, 11) is 1.67. The number of carbonyl (C=O) groups is 1. The lowest BCUT2D eigenvalue weighted by atomic mass is 9.68. The molecule has 6 rings (SSSR count). The van der Waals surface area contributed by atoms with Crippen molar-refractivity contribution in [2.75, 3.05) is 33.4 Å². The Morgan fingerprint density at radius 3 is 2.65 bits per heavy atom. The van der Waals surface area contributed by atoms with Crippen molar-refractivity contribution < 1.29 is 14.6 Å². The van der Waals surface area contributed by atoms with Gasteiger partial charge in [0.1, 0.15) is 5.75 Å². The zero-order chi connectivity index (χ0) is 25.4. The van der Waals surface area contributed by atoms with Gasteiger partial charge >= 0.3 is 0 Å². The number of piperidine rings is 1. The highest BCUT2D eigenvalue weighted by molar-refractivity contribution is 5.94. The van der Waals surface area contributed by atoms with Crippen molar-refractivity contribution in [3.05, 3.63) is 89.6 Å². The molecule has 8 nitrogen and oxygen atoms in total. The molecule has 1 amide bonds. The molecule has 2 N–H and O–H groups in total. The van der Waals surface area contributed by atoms with E-state index in [0.29, 0.717) is 25.2 Å². The first-order valence-corrected chi connectivity index (χ1v) is 12.7. The lowest BCUT2D eigenvalue weighted by Gasteiger charge is -2.50. The summed E-state index contributed by atoms with van der Waals surface area (Å²) in [5.41, 5.74) is 5.01. The normalized spacial score (nSPS) is 19.2. The predicted molar refractivity (Wildman–Crippen MR) is 140 cm³/mol. The van der Waals surface area contributed by atoms with Crippen molar-refractivity contribution in [2.24, 2.45) is 0 Å². The van der Waals surface area contributed by atoms with E-state index in [-0.39, 0.29) is 24.0 Å². The number of H-pyrrole nitrogens is 1. The number of carbonyl (C=O) groups excluding carboxylic acids is 1. The van der Waals surface area contributed by atoms with Crippen molar-refractivity contribution in [3.63, 3.8) is 0 Å². The first-order chi connectivity index (χ1) is 18.1. The number of amides is 1. The van der Waals surface area contributed by atoms with Gasteiger partial charge in [0.05, 0.1) is 25.3 Å². The van der Waals surface area contributed by atoms with Gasteiger partial charge in [-0.1, -0.05) is 0 Å². The maximum Gasteiger partial charge on any atom is 0.255 e. The summed E-state index contributed by atoms with van der Waals surface area (Å²) in [5, 5.41) is 11.8. The summed E-state index contributed by atoms with van der Waals surface area (Å²) >= 11 is 0. The molecule has 0 unspecified atom stereocenters. The summed E-state index contributed by atoms with van der Waals surface area (Å²) in [6.45, 7) is 2.88. The van der Waals surface area contributed by atoms with Gasteiger partial charge in [-0.2, -0.15) is 0 Å². The van der Waals surface area contributed by atoms with Crippen LogP contribution >= 0.6 is 0 Å². The maximum absolute atomic E-state index is 13.2. The second kappa shape index (κ2) is 9.61. The van der Waals surface area contributed by atoms with Gasteiger partial charge < -0.3 is 19.7 Å². The van der Waals surface area contributed by atoms with Crippen LogP contribution in [0.5, 0.6) is 5.75 Å². The second-order valence-corrected chi connectivity index (χ2v) is 10.1. The molecule has 1 fully saturated rings. The van der Waals surface area contributed by atoms with Crippen molar-refractivity contribution in [3.8, 4) is 5.75 Å². The smallest absolute Gasteiger partial charge is 0.255 e. The number of methoxy groups -OCH3 is 1. The van der Waals surface area contributed by atoms with Crippen LogP contribution in [0.15, 0.2) is 67.3 Å².